The number of rotatable bonds is 4. The fourth-order valence-corrected chi connectivity index (χ4v) is 3.04. The second-order valence-corrected chi connectivity index (χ2v) is 5.72. The van der Waals surface area contributed by atoms with Crippen molar-refractivity contribution >= 4 is 11.6 Å². The molecule has 0 bridgehead atoms. The van der Waals surface area contributed by atoms with E-state index in [9.17, 15) is 5.11 Å². The van der Waals surface area contributed by atoms with Crippen LogP contribution in [0, 0.1) is 0 Å². The number of aliphatic hydroxyl groups excluding tert-OH is 1. The van der Waals surface area contributed by atoms with Crippen LogP contribution in [0.25, 0.3) is 0 Å². The summed E-state index contributed by atoms with van der Waals surface area (Å²) in [6.07, 6.45) is 8.36. The van der Waals surface area contributed by atoms with Crippen molar-refractivity contribution in [2.75, 3.05) is 0 Å². The van der Waals surface area contributed by atoms with Gasteiger partial charge in [-0.15, -0.1) is 0 Å². The van der Waals surface area contributed by atoms with Gasteiger partial charge in [-0.25, -0.2) is 0 Å². The molecule has 0 amide bonds. The Morgan fingerprint density at radius 1 is 1.35 bits per heavy atom. The molecule has 1 aliphatic carbocycles. The van der Waals surface area contributed by atoms with Crippen molar-refractivity contribution in [1.82, 2.24) is 14.8 Å². The number of hydrogen-bond acceptors (Lipinski definition) is 3. The molecule has 0 aliphatic heterocycles. The molecule has 1 fully saturated rings. The molecule has 1 saturated carbocycles. The second kappa shape index (κ2) is 5.94. The lowest BCUT2D eigenvalue weighted by Gasteiger charge is -2.11. The van der Waals surface area contributed by atoms with Crippen molar-refractivity contribution in [1.29, 1.82) is 0 Å². The number of nitrogens with zero attached hydrogens (tertiary/aromatic N) is 3. The Labute approximate surface area is 123 Å². The van der Waals surface area contributed by atoms with E-state index in [2.05, 4.69) is 10.1 Å². The average molecular weight is 292 g/mol. The predicted octanol–water partition coefficient (Wildman–Crippen LogP) is 3.32. The van der Waals surface area contributed by atoms with Crippen LogP contribution in [0.2, 0.25) is 5.02 Å². The molecule has 1 unspecified atom stereocenters. The van der Waals surface area contributed by atoms with E-state index in [1.165, 1.54) is 25.7 Å². The first kappa shape index (κ1) is 13.6. The van der Waals surface area contributed by atoms with Gasteiger partial charge in [0.1, 0.15) is 6.10 Å². The highest BCUT2D eigenvalue weighted by atomic mass is 35.5. The Balaban J connectivity index is 1.70. The van der Waals surface area contributed by atoms with Gasteiger partial charge in [-0.05, 0) is 31.0 Å². The third-order valence-electron chi connectivity index (χ3n) is 3.87. The lowest BCUT2D eigenvalue weighted by atomic mass is 10.1. The van der Waals surface area contributed by atoms with Gasteiger partial charge in [0.2, 0.25) is 0 Å². The Morgan fingerprint density at radius 3 is 2.90 bits per heavy atom. The summed E-state index contributed by atoms with van der Waals surface area (Å²) in [5, 5.41) is 15.3. The molecule has 3 rings (SSSR count). The maximum atomic E-state index is 10.2. The third-order valence-corrected chi connectivity index (χ3v) is 4.19. The lowest BCUT2D eigenvalue weighted by Crippen LogP contribution is -2.08. The Hall–Kier alpha value is -1.39. The summed E-state index contributed by atoms with van der Waals surface area (Å²) in [6, 6.07) is 6.00. The van der Waals surface area contributed by atoms with Crippen LogP contribution in [0.5, 0.6) is 0 Å². The molecule has 106 valence electrons. The maximum absolute atomic E-state index is 10.2. The highest BCUT2D eigenvalue weighted by Crippen LogP contribution is 2.29. The van der Waals surface area contributed by atoms with E-state index in [4.69, 9.17) is 11.6 Å². The van der Waals surface area contributed by atoms with Crippen molar-refractivity contribution < 1.29 is 5.11 Å². The molecule has 1 aliphatic rings. The number of aromatic nitrogens is 3. The van der Waals surface area contributed by atoms with Crippen molar-refractivity contribution in [2.24, 2.45) is 0 Å². The lowest BCUT2D eigenvalue weighted by molar-refractivity contribution is 0.172. The molecule has 2 heterocycles. The van der Waals surface area contributed by atoms with Crippen molar-refractivity contribution in [2.45, 2.75) is 44.2 Å². The van der Waals surface area contributed by atoms with E-state index in [0.717, 1.165) is 5.69 Å². The van der Waals surface area contributed by atoms with Gasteiger partial charge in [0.25, 0.3) is 0 Å². The number of hydrogen-bond donors (Lipinski definition) is 1. The molecule has 4 nitrogen and oxygen atoms in total. The molecule has 1 N–H and O–H groups in total. The molecule has 0 saturated heterocycles. The minimum atomic E-state index is -0.712. The Morgan fingerprint density at radius 2 is 2.15 bits per heavy atom. The Bertz CT molecular complexity index is 578. The maximum Gasteiger partial charge on any atom is 0.103 e. The van der Waals surface area contributed by atoms with Gasteiger partial charge in [0.15, 0.2) is 0 Å². The Kier molecular flexibility index (Phi) is 4.03. The zero-order valence-electron chi connectivity index (χ0n) is 11.2. The number of pyridine rings is 1. The SMILES string of the molecule is OC(Cc1ccn(C2CCCC2)n1)c1ncccc1Cl. The number of aliphatic hydroxyl groups is 1. The zero-order valence-corrected chi connectivity index (χ0v) is 12.0. The van der Waals surface area contributed by atoms with Crippen LogP contribution in [-0.4, -0.2) is 19.9 Å². The normalized spacial score (nSPS) is 17.5. The van der Waals surface area contributed by atoms with E-state index in [0.29, 0.717) is 23.2 Å². The first-order chi connectivity index (χ1) is 9.74. The second-order valence-electron chi connectivity index (χ2n) is 5.32. The zero-order chi connectivity index (χ0) is 13.9. The summed E-state index contributed by atoms with van der Waals surface area (Å²) < 4.78 is 2.04. The fraction of sp³-hybridized carbons (Fsp3) is 0.467. The van der Waals surface area contributed by atoms with Crippen LogP contribution in [0.1, 0.15) is 49.2 Å². The fourth-order valence-electron chi connectivity index (χ4n) is 2.80. The summed E-state index contributed by atoms with van der Waals surface area (Å²) in [5.41, 5.74) is 1.40. The molecule has 20 heavy (non-hydrogen) atoms. The third kappa shape index (κ3) is 2.86. The summed E-state index contributed by atoms with van der Waals surface area (Å²) >= 11 is 6.05. The highest BCUT2D eigenvalue weighted by molar-refractivity contribution is 6.31. The van der Waals surface area contributed by atoms with Crippen molar-refractivity contribution in [3.05, 3.63) is 47.0 Å². The topological polar surface area (TPSA) is 50.9 Å². The van der Waals surface area contributed by atoms with E-state index < -0.39 is 6.10 Å². The van der Waals surface area contributed by atoms with Gasteiger partial charge in [-0.1, -0.05) is 24.4 Å². The molecule has 0 radical (unpaired) electrons. The summed E-state index contributed by atoms with van der Waals surface area (Å²) in [4.78, 5) is 4.14. The quantitative estimate of drug-likeness (QED) is 0.940. The number of halogens is 1. The summed E-state index contributed by atoms with van der Waals surface area (Å²) in [5.74, 6) is 0. The average Bonchev–Trinajstić information content (AvgIpc) is 3.09. The van der Waals surface area contributed by atoms with Crippen molar-refractivity contribution in [3.63, 3.8) is 0 Å². The van der Waals surface area contributed by atoms with Crippen LogP contribution in [0.3, 0.4) is 0 Å². The summed E-state index contributed by atoms with van der Waals surface area (Å²) in [7, 11) is 0. The summed E-state index contributed by atoms with van der Waals surface area (Å²) in [6.45, 7) is 0. The molecule has 2 aromatic rings. The first-order valence-electron chi connectivity index (χ1n) is 7.06. The molecule has 0 spiro atoms. The van der Waals surface area contributed by atoms with Gasteiger partial charge in [0, 0.05) is 18.8 Å². The van der Waals surface area contributed by atoms with Gasteiger partial charge >= 0.3 is 0 Å². The molecular formula is C15H18ClN3O. The van der Waals surface area contributed by atoms with Gasteiger partial charge in [0.05, 0.1) is 22.5 Å². The minimum absolute atomic E-state index is 0.441. The van der Waals surface area contributed by atoms with Crippen LogP contribution in [0.15, 0.2) is 30.6 Å². The van der Waals surface area contributed by atoms with Gasteiger partial charge < -0.3 is 5.11 Å². The van der Waals surface area contributed by atoms with E-state index >= 15 is 0 Å². The molecule has 5 heteroatoms. The standard InChI is InChI=1S/C15H18ClN3O/c16-13-6-3-8-17-15(13)14(20)10-11-7-9-19(18-11)12-4-1-2-5-12/h3,6-9,12,14,20H,1-2,4-5,10H2. The van der Waals surface area contributed by atoms with Gasteiger partial charge in [-0.3, -0.25) is 9.67 Å². The minimum Gasteiger partial charge on any atom is -0.386 e. The molecule has 1 atom stereocenters. The van der Waals surface area contributed by atoms with E-state index in [1.807, 2.05) is 16.9 Å². The highest BCUT2D eigenvalue weighted by Gasteiger charge is 2.19. The first-order valence-corrected chi connectivity index (χ1v) is 7.44. The monoisotopic (exact) mass is 291 g/mol. The van der Waals surface area contributed by atoms with Gasteiger partial charge in [-0.2, -0.15) is 5.10 Å². The predicted molar refractivity (Wildman–Crippen MR) is 77.6 cm³/mol. The van der Waals surface area contributed by atoms with Crippen LogP contribution in [0.4, 0.5) is 0 Å². The van der Waals surface area contributed by atoms with Crippen LogP contribution in [-0.2, 0) is 6.42 Å². The largest absolute Gasteiger partial charge is 0.386 e. The van der Waals surface area contributed by atoms with Crippen molar-refractivity contribution in [3.8, 4) is 0 Å². The van der Waals surface area contributed by atoms with E-state index in [-0.39, 0.29) is 0 Å². The molecule has 0 aromatic carbocycles. The van der Waals surface area contributed by atoms with Crippen LogP contribution < -0.4 is 0 Å². The van der Waals surface area contributed by atoms with Crippen LogP contribution >= 0.6 is 11.6 Å². The van der Waals surface area contributed by atoms with E-state index in [1.54, 1.807) is 18.3 Å². The smallest absolute Gasteiger partial charge is 0.103 e. The molecular weight excluding hydrogens is 274 g/mol. The molecule has 2 aromatic heterocycles.